The van der Waals surface area contributed by atoms with Gasteiger partial charge < -0.3 is 0 Å². The predicted molar refractivity (Wildman–Crippen MR) is 123 cm³/mol. The Morgan fingerprint density at radius 1 is 1.16 bits per heavy atom. The Morgan fingerprint density at radius 3 is 2.66 bits per heavy atom. The van der Waals surface area contributed by atoms with Crippen molar-refractivity contribution in [2.24, 2.45) is 12.5 Å². The van der Waals surface area contributed by atoms with Crippen molar-refractivity contribution < 1.29 is 8.42 Å². The van der Waals surface area contributed by atoms with Gasteiger partial charge in [0, 0.05) is 42.3 Å². The number of sulfonamides is 1. The van der Waals surface area contributed by atoms with Gasteiger partial charge in [-0.1, -0.05) is 41.9 Å². The summed E-state index contributed by atoms with van der Waals surface area (Å²) < 4.78 is 29.4. The van der Waals surface area contributed by atoms with E-state index in [1.165, 1.54) is 33.8 Å². The summed E-state index contributed by atoms with van der Waals surface area (Å²) >= 11 is 6.26. The van der Waals surface area contributed by atoms with Crippen LogP contribution in [0.2, 0.25) is 5.02 Å². The normalized spacial score (nSPS) is 29.7. The van der Waals surface area contributed by atoms with Crippen molar-refractivity contribution in [1.82, 2.24) is 19.4 Å². The molecule has 3 aliphatic rings. The summed E-state index contributed by atoms with van der Waals surface area (Å²) in [5, 5.41) is 4.74. The number of fused-ring (bicyclic) bond motifs is 4. The number of nitrogens with zero attached hydrogens (tertiary/aromatic N) is 3. The monoisotopic (exact) mass is 468 g/mol. The van der Waals surface area contributed by atoms with Gasteiger partial charge >= 0.3 is 0 Å². The smallest absolute Gasteiger partial charge is 0.243 e. The molecule has 1 spiro atoms. The van der Waals surface area contributed by atoms with Gasteiger partial charge in [-0.3, -0.25) is 9.58 Å². The van der Waals surface area contributed by atoms with Crippen molar-refractivity contribution in [1.29, 1.82) is 0 Å². The third kappa shape index (κ3) is 3.06. The molecule has 1 aliphatic heterocycles. The molecule has 32 heavy (non-hydrogen) atoms. The van der Waals surface area contributed by atoms with Crippen LogP contribution in [0.25, 0.3) is 0 Å². The highest BCUT2D eigenvalue weighted by molar-refractivity contribution is 7.89. The lowest BCUT2D eigenvalue weighted by Gasteiger charge is -2.29. The summed E-state index contributed by atoms with van der Waals surface area (Å²) in [5.74, 6) is 0.428. The van der Waals surface area contributed by atoms with Crippen molar-refractivity contribution in [3.05, 3.63) is 82.1 Å². The van der Waals surface area contributed by atoms with Gasteiger partial charge in [0.2, 0.25) is 10.0 Å². The zero-order valence-electron chi connectivity index (χ0n) is 18.0. The number of hydrogen-bond donors (Lipinski definition) is 1. The Balaban J connectivity index is 1.27. The molecule has 0 bridgehead atoms. The summed E-state index contributed by atoms with van der Waals surface area (Å²) in [4.78, 5) is 2.64. The standard InChI is InChI=1S/C24H25ClN4O2S/c1-28-14-19(13-26-28)32(30,31)27-12-16-6-7-17-11-24(22-23(24)29(22)2)21(20(17)9-16)10-15-4-3-5-18(25)8-15/h3-9,13-14,21-23,27H,10-12H2,1-2H3. The highest BCUT2D eigenvalue weighted by atomic mass is 35.5. The second-order valence-corrected chi connectivity index (χ2v) is 11.6. The number of rotatable bonds is 6. The summed E-state index contributed by atoms with van der Waals surface area (Å²) in [6.45, 7) is 0.258. The summed E-state index contributed by atoms with van der Waals surface area (Å²) in [5.41, 5.74) is 5.33. The summed E-state index contributed by atoms with van der Waals surface area (Å²) in [6, 6.07) is 16.0. The van der Waals surface area contributed by atoms with Crippen molar-refractivity contribution >= 4 is 21.6 Å². The van der Waals surface area contributed by atoms with Gasteiger partial charge in [0.1, 0.15) is 4.90 Å². The molecule has 166 valence electrons. The molecule has 6 rings (SSSR count). The average Bonchev–Trinajstić information content (AvgIpc) is 3.51. The molecule has 3 unspecified atom stereocenters. The van der Waals surface area contributed by atoms with Crippen LogP contribution in [0.5, 0.6) is 0 Å². The first-order chi connectivity index (χ1) is 15.3. The second-order valence-electron chi connectivity index (χ2n) is 9.44. The van der Waals surface area contributed by atoms with Gasteiger partial charge in [0.05, 0.1) is 6.20 Å². The number of aromatic nitrogens is 2. The maximum atomic E-state index is 12.6. The molecule has 3 aromatic rings. The van der Waals surface area contributed by atoms with Gasteiger partial charge in [-0.05, 0) is 60.2 Å². The van der Waals surface area contributed by atoms with Crippen molar-refractivity contribution in [3.8, 4) is 0 Å². The Kier molecular flexibility index (Phi) is 4.41. The van der Waals surface area contributed by atoms with E-state index in [1.54, 1.807) is 7.05 Å². The Hall–Kier alpha value is -2.19. The molecule has 2 aromatic carbocycles. The number of likely N-dealkylation sites (tertiary alicyclic amines) is 1. The molecule has 1 aromatic heterocycles. The molecular formula is C24H25ClN4O2S. The second kappa shape index (κ2) is 6.90. The van der Waals surface area contributed by atoms with Crippen LogP contribution in [0.3, 0.4) is 0 Å². The van der Waals surface area contributed by atoms with E-state index < -0.39 is 10.0 Å². The molecule has 1 N–H and O–H groups in total. The summed E-state index contributed by atoms with van der Waals surface area (Å²) in [7, 11) is 0.318. The SMILES string of the molecule is CN1C2C1C21Cc2ccc(CNS(=O)(=O)c3cnn(C)c3)cc2C1Cc1cccc(Cl)c1. The molecule has 2 heterocycles. The number of benzene rings is 2. The lowest BCUT2D eigenvalue weighted by molar-refractivity contribution is 0.226. The molecule has 6 nitrogen and oxygen atoms in total. The highest BCUT2D eigenvalue weighted by Gasteiger charge is 2.84. The van der Waals surface area contributed by atoms with Gasteiger partial charge in [0.15, 0.2) is 0 Å². The van der Waals surface area contributed by atoms with Crippen molar-refractivity contribution in [2.75, 3.05) is 7.05 Å². The van der Waals surface area contributed by atoms with E-state index in [9.17, 15) is 8.42 Å². The largest absolute Gasteiger partial charge is 0.296 e. The van der Waals surface area contributed by atoms with Crippen LogP contribution in [-0.4, -0.2) is 42.2 Å². The minimum Gasteiger partial charge on any atom is -0.296 e. The lowest BCUT2D eigenvalue weighted by atomic mass is 9.81. The summed E-state index contributed by atoms with van der Waals surface area (Å²) in [6.07, 6.45) is 4.94. The van der Waals surface area contributed by atoms with Crippen LogP contribution in [0.1, 0.15) is 28.2 Å². The molecule has 8 heteroatoms. The van der Waals surface area contributed by atoms with Crippen LogP contribution < -0.4 is 4.72 Å². The van der Waals surface area contributed by atoms with E-state index in [0.29, 0.717) is 23.4 Å². The quantitative estimate of drug-likeness (QED) is 0.564. The van der Waals surface area contributed by atoms with Crippen LogP contribution >= 0.6 is 11.6 Å². The first kappa shape index (κ1) is 20.4. The lowest BCUT2D eigenvalue weighted by Crippen LogP contribution is -2.31. The molecular weight excluding hydrogens is 444 g/mol. The predicted octanol–water partition coefficient (Wildman–Crippen LogP) is 3.12. The fourth-order valence-electron chi connectivity index (χ4n) is 6.04. The molecule has 1 saturated heterocycles. The fourth-order valence-corrected chi connectivity index (χ4v) is 7.25. The maximum absolute atomic E-state index is 12.6. The minimum absolute atomic E-state index is 0.181. The number of aryl methyl sites for hydroxylation is 1. The first-order valence-corrected chi connectivity index (χ1v) is 12.7. The zero-order chi connectivity index (χ0) is 22.3. The van der Waals surface area contributed by atoms with Crippen molar-refractivity contribution in [3.63, 3.8) is 0 Å². The first-order valence-electron chi connectivity index (χ1n) is 10.9. The third-order valence-electron chi connectivity index (χ3n) is 7.60. The highest BCUT2D eigenvalue weighted by Crippen LogP contribution is 2.76. The maximum Gasteiger partial charge on any atom is 0.243 e. The molecule has 2 aliphatic carbocycles. The van der Waals surface area contributed by atoms with E-state index in [4.69, 9.17) is 11.6 Å². The average molecular weight is 469 g/mol. The Labute approximate surface area is 193 Å². The number of likely N-dealkylation sites (N-methyl/N-ethyl adjacent to an activating group) is 1. The third-order valence-corrected chi connectivity index (χ3v) is 9.19. The van der Waals surface area contributed by atoms with E-state index in [-0.39, 0.29) is 11.4 Å². The minimum atomic E-state index is -3.59. The molecule has 1 saturated carbocycles. The van der Waals surface area contributed by atoms with Gasteiger partial charge in [-0.2, -0.15) is 5.10 Å². The van der Waals surface area contributed by atoms with E-state index in [0.717, 1.165) is 23.4 Å². The Morgan fingerprint density at radius 2 is 1.97 bits per heavy atom. The number of nitrogens with one attached hydrogen (secondary N) is 1. The molecule has 3 atom stereocenters. The Bertz CT molecular complexity index is 1330. The molecule has 0 radical (unpaired) electrons. The van der Waals surface area contributed by atoms with Crippen LogP contribution in [0, 0.1) is 5.41 Å². The topological polar surface area (TPSA) is 67.0 Å². The van der Waals surface area contributed by atoms with Crippen LogP contribution in [0.15, 0.2) is 59.8 Å². The van der Waals surface area contributed by atoms with E-state index in [1.807, 2.05) is 12.1 Å². The van der Waals surface area contributed by atoms with Gasteiger partial charge in [0.25, 0.3) is 0 Å². The fraction of sp³-hybridized carbons (Fsp3) is 0.375. The van der Waals surface area contributed by atoms with Crippen molar-refractivity contribution in [2.45, 2.75) is 42.3 Å². The molecule has 2 fully saturated rings. The van der Waals surface area contributed by atoms with E-state index >= 15 is 0 Å². The molecule has 0 amide bonds. The van der Waals surface area contributed by atoms with E-state index in [2.05, 4.69) is 52.1 Å². The number of hydrogen-bond acceptors (Lipinski definition) is 4. The zero-order valence-corrected chi connectivity index (χ0v) is 19.6. The van der Waals surface area contributed by atoms with Gasteiger partial charge in [-0.15, -0.1) is 0 Å². The number of halogens is 1. The van der Waals surface area contributed by atoms with Crippen LogP contribution in [-0.2, 0) is 36.5 Å². The van der Waals surface area contributed by atoms with Gasteiger partial charge in [-0.25, -0.2) is 13.1 Å². The van der Waals surface area contributed by atoms with Crippen LogP contribution in [0.4, 0.5) is 0 Å².